The molecule has 0 radical (unpaired) electrons. The van der Waals surface area contributed by atoms with Gasteiger partial charge in [-0.2, -0.15) is 0 Å². The second-order valence-electron chi connectivity index (χ2n) is 9.01. The quantitative estimate of drug-likeness (QED) is 0.558. The van der Waals surface area contributed by atoms with E-state index in [2.05, 4.69) is 5.32 Å². The molecule has 0 bridgehead atoms. The van der Waals surface area contributed by atoms with E-state index in [0.717, 1.165) is 16.1 Å². The molecule has 0 unspecified atom stereocenters. The minimum absolute atomic E-state index is 0.0783. The van der Waals surface area contributed by atoms with Crippen LogP contribution in [0.25, 0.3) is 0 Å². The van der Waals surface area contributed by atoms with Crippen molar-refractivity contribution in [2.75, 3.05) is 24.2 Å². The lowest BCUT2D eigenvalue weighted by molar-refractivity contribution is -0.140. The molecule has 2 aromatic carbocycles. The highest BCUT2D eigenvalue weighted by atomic mass is 35.5. The second kappa shape index (κ2) is 11.1. The van der Waals surface area contributed by atoms with Crippen molar-refractivity contribution in [3.8, 4) is 5.75 Å². The lowest BCUT2D eigenvalue weighted by atomic mass is 10.1. The van der Waals surface area contributed by atoms with Crippen LogP contribution in [0.1, 0.15) is 33.3 Å². The largest absolute Gasteiger partial charge is 0.497 e. The number of rotatable bonds is 9. The summed E-state index contributed by atoms with van der Waals surface area (Å²) >= 11 is 6.23. The van der Waals surface area contributed by atoms with Crippen LogP contribution in [-0.4, -0.2) is 56.6 Å². The van der Waals surface area contributed by atoms with E-state index in [1.807, 2.05) is 20.8 Å². The molecule has 186 valence electrons. The number of halogens is 1. The summed E-state index contributed by atoms with van der Waals surface area (Å²) < 4.78 is 31.4. The van der Waals surface area contributed by atoms with Gasteiger partial charge in [0.1, 0.15) is 18.3 Å². The van der Waals surface area contributed by atoms with Gasteiger partial charge in [0.05, 0.1) is 24.1 Å². The number of benzene rings is 2. The SMILES string of the molecule is COc1cccc(CN(C(=O)CN(c2ccccc2Cl)S(C)(=O)=O)[C@@H](C)C(=O)NC(C)(C)C)c1. The van der Waals surface area contributed by atoms with Crippen molar-refractivity contribution in [3.05, 3.63) is 59.1 Å². The highest BCUT2D eigenvalue weighted by molar-refractivity contribution is 7.92. The predicted octanol–water partition coefficient (Wildman–Crippen LogP) is 3.45. The van der Waals surface area contributed by atoms with E-state index < -0.39 is 34.1 Å². The Balaban J connectivity index is 2.43. The smallest absolute Gasteiger partial charge is 0.244 e. The van der Waals surface area contributed by atoms with Crippen LogP contribution >= 0.6 is 11.6 Å². The van der Waals surface area contributed by atoms with Crippen LogP contribution in [-0.2, 0) is 26.2 Å². The highest BCUT2D eigenvalue weighted by Crippen LogP contribution is 2.27. The van der Waals surface area contributed by atoms with Gasteiger partial charge in [-0.3, -0.25) is 13.9 Å². The molecule has 0 heterocycles. The molecule has 0 aliphatic carbocycles. The molecule has 1 atom stereocenters. The normalized spacial score (nSPS) is 12.6. The summed E-state index contributed by atoms with van der Waals surface area (Å²) in [5, 5.41) is 3.07. The first-order valence-electron chi connectivity index (χ1n) is 10.7. The van der Waals surface area contributed by atoms with E-state index >= 15 is 0 Å². The van der Waals surface area contributed by atoms with Gasteiger partial charge in [-0.25, -0.2) is 8.42 Å². The third kappa shape index (κ3) is 7.63. The summed E-state index contributed by atoms with van der Waals surface area (Å²) in [5.41, 5.74) is 0.409. The third-order valence-electron chi connectivity index (χ3n) is 4.95. The van der Waals surface area contributed by atoms with Gasteiger partial charge < -0.3 is 15.0 Å². The first-order valence-corrected chi connectivity index (χ1v) is 12.9. The van der Waals surface area contributed by atoms with Gasteiger partial charge >= 0.3 is 0 Å². The number of sulfonamides is 1. The Labute approximate surface area is 206 Å². The van der Waals surface area contributed by atoms with Crippen molar-refractivity contribution in [2.45, 2.75) is 45.8 Å². The van der Waals surface area contributed by atoms with E-state index in [9.17, 15) is 18.0 Å². The average molecular weight is 510 g/mol. The van der Waals surface area contributed by atoms with Crippen LogP contribution in [0.4, 0.5) is 5.69 Å². The molecule has 0 aromatic heterocycles. The fourth-order valence-electron chi connectivity index (χ4n) is 3.27. The number of ether oxygens (including phenoxy) is 1. The fraction of sp³-hybridized carbons (Fsp3) is 0.417. The van der Waals surface area contributed by atoms with E-state index in [0.29, 0.717) is 5.75 Å². The molecule has 34 heavy (non-hydrogen) atoms. The number of carbonyl (C=O) groups is 2. The number of amides is 2. The molecular weight excluding hydrogens is 478 g/mol. The number of hydrogen-bond donors (Lipinski definition) is 1. The van der Waals surface area contributed by atoms with Gasteiger partial charge in [0.2, 0.25) is 21.8 Å². The lowest BCUT2D eigenvalue weighted by Crippen LogP contribution is -2.54. The average Bonchev–Trinajstić information content (AvgIpc) is 2.74. The van der Waals surface area contributed by atoms with Crippen molar-refractivity contribution in [3.63, 3.8) is 0 Å². The number of carbonyl (C=O) groups excluding carboxylic acids is 2. The molecule has 2 amide bonds. The van der Waals surface area contributed by atoms with Crippen molar-refractivity contribution in [1.29, 1.82) is 0 Å². The standard InChI is InChI=1S/C24H32ClN3O5S/c1-17(23(30)26-24(2,3)4)27(15-18-10-9-11-19(14-18)33-5)22(29)16-28(34(6,31)32)21-13-8-7-12-20(21)25/h7-14,17H,15-16H2,1-6H3,(H,26,30)/t17-/m0/s1. The first kappa shape index (κ1) is 27.5. The molecule has 10 heteroatoms. The van der Waals surface area contributed by atoms with Gasteiger partial charge in [0.15, 0.2) is 0 Å². The molecule has 0 spiro atoms. The Kier molecular flexibility index (Phi) is 8.96. The summed E-state index contributed by atoms with van der Waals surface area (Å²) in [6.45, 7) is 6.70. The zero-order valence-electron chi connectivity index (χ0n) is 20.3. The topological polar surface area (TPSA) is 96.0 Å². The van der Waals surface area contributed by atoms with E-state index in [-0.39, 0.29) is 23.2 Å². The van der Waals surface area contributed by atoms with Gasteiger partial charge in [0.25, 0.3) is 0 Å². The molecule has 0 aliphatic heterocycles. The van der Waals surface area contributed by atoms with Gasteiger partial charge in [0, 0.05) is 12.1 Å². The molecule has 2 rings (SSSR count). The molecule has 0 aliphatic rings. The maximum atomic E-state index is 13.5. The van der Waals surface area contributed by atoms with Crippen LogP contribution in [0.2, 0.25) is 5.02 Å². The zero-order chi connectivity index (χ0) is 25.7. The third-order valence-corrected chi connectivity index (χ3v) is 6.40. The number of methoxy groups -OCH3 is 1. The van der Waals surface area contributed by atoms with Gasteiger partial charge in [-0.1, -0.05) is 35.9 Å². The summed E-state index contributed by atoms with van der Waals surface area (Å²) in [6.07, 6.45) is 1.01. The van der Waals surface area contributed by atoms with E-state index in [1.54, 1.807) is 49.4 Å². The highest BCUT2D eigenvalue weighted by Gasteiger charge is 2.31. The Hall–Kier alpha value is -2.78. The Morgan fingerprint density at radius 3 is 2.32 bits per heavy atom. The number of hydrogen-bond acceptors (Lipinski definition) is 5. The number of anilines is 1. The zero-order valence-corrected chi connectivity index (χ0v) is 21.9. The molecular formula is C24H32ClN3O5S. The minimum atomic E-state index is -3.85. The molecule has 2 aromatic rings. The monoisotopic (exact) mass is 509 g/mol. The lowest BCUT2D eigenvalue weighted by Gasteiger charge is -2.33. The van der Waals surface area contributed by atoms with E-state index in [1.165, 1.54) is 18.1 Å². The Morgan fingerprint density at radius 2 is 1.76 bits per heavy atom. The molecule has 1 N–H and O–H groups in total. The van der Waals surface area contributed by atoms with Crippen LogP contribution in [0, 0.1) is 0 Å². The maximum absolute atomic E-state index is 13.5. The molecule has 8 nitrogen and oxygen atoms in total. The Morgan fingerprint density at radius 1 is 1.12 bits per heavy atom. The first-order chi connectivity index (χ1) is 15.7. The summed E-state index contributed by atoms with van der Waals surface area (Å²) in [6, 6.07) is 12.6. The number of nitrogens with zero attached hydrogens (tertiary/aromatic N) is 2. The van der Waals surface area contributed by atoms with Crippen molar-refractivity contribution in [1.82, 2.24) is 10.2 Å². The van der Waals surface area contributed by atoms with Crippen molar-refractivity contribution >= 4 is 39.1 Å². The molecule has 0 fully saturated rings. The van der Waals surface area contributed by atoms with Gasteiger partial charge in [-0.15, -0.1) is 0 Å². The summed E-state index contributed by atoms with van der Waals surface area (Å²) in [4.78, 5) is 27.8. The molecule has 0 saturated carbocycles. The second-order valence-corrected chi connectivity index (χ2v) is 11.3. The number of nitrogens with one attached hydrogen (secondary N) is 1. The summed E-state index contributed by atoms with van der Waals surface area (Å²) in [5.74, 6) is -0.303. The number of para-hydroxylation sites is 1. The van der Waals surface area contributed by atoms with Crippen molar-refractivity contribution < 1.29 is 22.7 Å². The van der Waals surface area contributed by atoms with Crippen molar-refractivity contribution in [2.24, 2.45) is 0 Å². The minimum Gasteiger partial charge on any atom is -0.497 e. The summed E-state index contributed by atoms with van der Waals surface area (Å²) in [7, 11) is -2.31. The Bertz CT molecular complexity index is 1130. The fourth-order valence-corrected chi connectivity index (χ4v) is 4.42. The van der Waals surface area contributed by atoms with E-state index in [4.69, 9.17) is 16.3 Å². The van der Waals surface area contributed by atoms with Crippen LogP contribution < -0.4 is 14.4 Å². The van der Waals surface area contributed by atoms with Crippen LogP contribution in [0.3, 0.4) is 0 Å². The van der Waals surface area contributed by atoms with Gasteiger partial charge in [-0.05, 0) is 57.5 Å². The van der Waals surface area contributed by atoms with Crippen LogP contribution in [0.15, 0.2) is 48.5 Å². The van der Waals surface area contributed by atoms with Crippen LogP contribution in [0.5, 0.6) is 5.75 Å². The maximum Gasteiger partial charge on any atom is 0.244 e. The predicted molar refractivity (Wildman–Crippen MR) is 135 cm³/mol. The molecule has 0 saturated heterocycles.